The summed E-state index contributed by atoms with van der Waals surface area (Å²) < 4.78 is 23.0. The van der Waals surface area contributed by atoms with Crippen LogP contribution in [-0.2, 0) is 14.3 Å². The van der Waals surface area contributed by atoms with Gasteiger partial charge in [-0.2, -0.15) is 0 Å². The maximum Gasteiger partial charge on any atom is 0.338 e. The molecule has 0 spiro atoms. The van der Waals surface area contributed by atoms with E-state index in [0.29, 0.717) is 37.7 Å². The van der Waals surface area contributed by atoms with E-state index in [2.05, 4.69) is 4.99 Å². The van der Waals surface area contributed by atoms with Crippen LogP contribution in [0.25, 0.3) is 6.08 Å². The van der Waals surface area contributed by atoms with Crippen molar-refractivity contribution < 1.29 is 28.5 Å². The number of carbonyl (C=O) groups excluding carboxylic acids is 2. The molecule has 0 saturated heterocycles. The maximum absolute atomic E-state index is 13.7. The quantitative estimate of drug-likeness (QED) is 0.347. The van der Waals surface area contributed by atoms with Gasteiger partial charge in [0, 0.05) is 6.92 Å². The molecule has 0 bridgehead atoms. The highest BCUT2D eigenvalue weighted by Gasteiger charge is 2.33. The number of allylic oxidation sites excluding steroid dienone is 1. The van der Waals surface area contributed by atoms with E-state index in [1.807, 2.05) is 12.1 Å². The van der Waals surface area contributed by atoms with E-state index in [1.54, 1.807) is 57.4 Å². The molecule has 0 N–H and O–H groups in total. The van der Waals surface area contributed by atoms with Crippen LogP contribution in [0.15, 0.2) is 63.5 Å². The number of ether oxygens (including phenoxy) is 4. The SMILES string of the molecule is CCOC(=O)C1=C(C)N=c2s/c(=C\c3ccc(OC(C)=O)c(OC)c3)c(=O)n2[C@H]1c1ccc(OC)cc1. The van der Waals surface area contributed by atoms with Crippen molar-refractivity contribution in [3.63, 3.8) is 0 Å². The van der Waals surface area contributed by atoms with Gasteiger partial charge in [0.15, 0.2) is 16.3 Å². The molecule has 2 heterocycles. The Labute approximate surface area is 216 Å². The smallest absolute Gasteiger partial charge is 0.338 e. The number of thiazole rings is 1. The van der Waals surface area contributed by atoms with Crippen molar-refractivity contribution in [1.29, 1.82) is 0 Å². The molecule has 10 heteroatoms. The molecule has 4 rings (SSSR count). The van der Waals surface area contributed by atoms with Gasteiger partial charge in [0.25, 0.3) is 5.56 Å². The molecular weight excluding hydrogens is 496 g/mol. The number of fused-ring (bicyclic) bond motifs is 1. The summed E-state index contributed by atoms with van der Waals surface area (Å²) in [7, 11) is 3.04. The first kappa shape index (κ1) is 25.9. The van der Waals surface area contributed by atoms with E-state index < -0.39 is 18.0 Å². The standard InChI is InChI=1S/C27H26N2O7S/c1-6-35-26(32)23-15(2)28-27-29(24(23)18-8-10-19(33-4)11-9-18)25(31)22(37-27)14-17-7-12-20(36-16(3)30)21(13-17)34-5/h7-14,24H,6H2,1-5H3/b22-14-/t24-/m0/s1. The molecule has 1 aliphatic heterocycles. The third kappa shape index (κ3) is 5.19. The van der Waals surface area contributed by atoms with Crippen LogP contribution < -0.4 is 29.1 Å². The zero-order chi connectivity index (χ0) is 26.7. The van der Waals surface area contributed by atoms with Crippen molar-refractivity contribution in [2.75, 3.05) is 20.8 Å². The highest BCUT2D eigenvalue weighted by molar-refractivity contribution is 7.07. The van der Waals surface area contributed by atoms with Crippen LogP contribution in [0.5, 0.6) is 17.2 Å². The number of rotatable bonds is 7. The first-order chi connectivity index (χ1) is 17.8. The molecular formula is C27H26N2O7S. The summed E-state index contributed by atoms with van der Waals surface area (Å²) in [5.41, 5.74) is 1.87. The van der Waals surface area contributed by atoms with Gasteiger partial charge in [0.05, 0.1) is 42.7 Å². The summed E-state index contributed by atoms with van der Waals surface area (Å²) in [6.45, 7) is 4.96. The lowest BCUT2D eigenvalue weighted by Crippen LogP contribution is -2.39. The summed E-state index contributed by atoms with van der Waals surface area (Å²) in [6.07, 6.45) is 1.71. The molecule has 1 aromatic heterocycles. The van der Waals surface area contributed by atoms with Crippen LogP contribution in [-0.4, -0.2) is 37.3 Å². The average molecular weight is 523 g/mol. The molecule has 0 amide bonds. The number of nitrogens with zero attached hydrogens (tertiary/aromatic N) is 2. The largest absolute Gasteiger partial charge is 0.497 e. The minimum absolute atomic E-state index is 0.195. The summed E-state index contributed by atoms with van der Waals surface area (Å²) in [6, 6.07) is 11.5. The van der Waals surface area contributed by atoms with Gasteiger partial charge in [-0.05, 0) is 55.3 Å². The van der Waals surface area contributed by atoms with Gasteiger partial charge in [-0.15, -0.1) is 0 Å². The number of carbonyl (C=O) groups is 2. The minimum atomic E-state index is -0.718. The van der Waals surface area contributed by atoms with Crippen LogP contribution in [0.3, 0.4) is 0 Å². The Morgan fingerprint density at radius 3 is 2.43 bits per heavy atom. The van der Waals surface area contributed by atoms with Crippen LogP contribution in [0.1, 0.15) is 37.9 Å². The zero-order valence-corrected chi connectivity index (χ0v) is 21.9. The van der Waals surface area contributed by atoms with Crippen molar-refractivity contribution in [2.45, 2.75) is 26.8 Å². The maximum atomic E-state index is 13.7. The molecule has 37 heavy (non-hydrogen) atoms. The Morgan fingerprint density at radius 2 is 1.81 bits per heavy atom. The van der Waals surface area contributed by atoms with Gasteiger partial charge >= 0.3 is 11.9 Å². The fourth-order valence-corrected chi connectivity index (χ4v) is 5.10. The van der Waals surface area contributed by atoms with Gasteiger partial charge in [-0.25, -0.2) is 9.79 Å². The summed E-state index contributed by atoms with van der Waals surface area (Å²) >= 11 is 1.21. The van der Waals surface area contributed by atoms with Gasteiger partial charge in [0.2, 0.25) is 0 Å². The predicted octanol–water partition coefficient (Wildman–Crippen LogP) is 2.74. The third-order valence-electron chi connectivity index (χ3n) is 5.69. The Bertz CT molecular complexity index is 1570. The summed E-state index contributed by atoms with van der Waals surface area (Å²) in [5, 5.41) is 0. The molecule has 0 fully saturated rings. The van der Waals surface area contributed by atoms with E-state index >= 15 is 0 Å². The van der Waals surface area contributed by atoms with E-state index in [4.69, 9.17) is 18.9 Å². The number of hydrogen-bond donors (Lipinski definition) is 0. The van der Waals surface area contributed by atoms with Gasteiger partial charge < -0.3 is 18.9 Å². The second kappa shape index (κ2) is 10.8. The van der Waals surface area contributed by atoms with E-state index in [9.17, 15) is 14.4 Å². The van der Waals surface area contributed by atoms with E-state index in [1.165, 1.54) is 29.9 Å². The second-order valence-electron chi connectivity index (χ2n) is 8.08. The van der Waals surface area contributed by atoms with Crippen molar-refractivity contribution in [2.24, 2.45) is 4.99 Å². The van der Waals surface area contributed by atoms with Gasteiger partial charge in [-0.1, -0.05) is 29.5 Å². The van der Waals surface area contributed by atoms with Gasteiger partial charge in [-0.3, -0.25) is 14.2 Å². The molecule has 0 unspecified atom stereocenters. The summed E-state index contributed by atoms with van der Waals surface area (Å²) in [4.78, 5) is 43.1. The third-order valence-corrected chi connectivity index (χ3v) is 6.67. The Balaban J connectivity index is 1.88. The number of esters is 2. The van der Waals surface area contributed by atoms with Crippen molar-refractivity contribution in [1.82, 2.24) is 4.57 Å². The Morgan fingerprint density at radius 1 is 1.08 bits per heavy atom. The molecule has 9 nitrogen and oxygen atoms in total. The number of methoxy groups -OCH3 is 2. The fourth-order valence-electron chi connectivity index (χ4n) is 4.06. The lowest BCUT2D eigenvalue weighted by atomic mass is 9.96. The van der Waals surface area contributed by atoms with Crippen LogP contribution in [0.4, 0.5) is 0 Å². The fraction of sp³-hybridized carbons (Fsp3) is 0.259. The molecule has 192 valence electrons. The first-order valence-corrected chi connectivity index (χ1v) is 12.3. The summed E-state index contributed by atoms with van der Waals surface area (Å²) in [5.74, 6) is 0.298. The zero-order valence-electron chi connectivity index (χ0n) is 21.1. The van der Waals surface area contributed by atoms with Crippen molar-refractivity contribution in [3.8, 4) is 17.2 Å². The molecule has 0 radical (unpaired) electrons. The molecule has 2 aromatic carbocycles. The van der Waals surface area contributed by atoms with Crippen molar-refractivity contribution >= 4 is 29.4 Å². The van der Waals surface area contributed by atoms with Crippen LogP contribution in [0.2, 0.25) is 0 Å². The van der Waals surface area contributed by atoms with Crippen molar-refractivity contribution in [3.05, 3.63) is 84.5 Å². The van der Waals surface area contributed by atoms with Crippen LogP contribution >= 0.6 is 11.3 Å². The lowest BCUT2D eigenvalue weighted by Gasteiger charge is -2.24. The van der Waals surface area contributed by atoms with Crippen LogP contribution in [0, 0.1) is 0 Å². The average Bonchev–Trinajstić information content (AvgIpc) is 3.18. The highest BCUT2D eigenvalue weighted by atomic mass is 32.1. The monoisotopic (exact) mass is 522 g/mol. The number of hydrogen-bond acceptors (Lipinski definition) is 9. The molecule has 1 atom stereocenters. The number of aromatic nitrogens is 1. The lowest BCUT2D eigenvalue weighted by molar-refractivity contribution is -0.139. The van der Waals surface area contributed by atoms with E-state index in [-0.39, 0.29) is 17.9 Å². The highest BCUT2D eigenvalue weighted by Crippen LogP contribution is 2.32. The number of benzene rings is 2. The molecule has 0 aliphatic carbocycles. The first-order valence-electron chi connectivity index (χ1n) is 11.5. The minimum Gasteiger partial charge on any atom is -0.497 e. The predicted molar refractivity (Wildman–Crippen MR) is 138 cm³/mol. The topological polar surface area (TPSA) is 105 Å². The normalized spacial score (nSPS) is 15.1. The molecule has 1 aliphatic rings. The Hall–Kier alpha value is -4.18. The molecule has 3 aromatic rings. The van der Waals surface area contributed by atoms with Gasteiger partial charge in [0.1, 0.15) is 5.75 Å². The van der Waals surface area contributed by atoms with E-state index in [0.717, 1.165) is 5.56 Å². The molecule has 0 saturated carbocycles. The second-order valence-corrected chi connectivity index (χ2v) is 9.09. The Kier molecular flexibility index (Phi) is 7.58.